The van der Waals surface area contributed by atoms with Gasteiger partial charge in [-0.1, -0.05) is 17.7 Å². The fourth-order valence-electron chi connectivity index (χ4n) is 1.69. The van der Waals surface area contributed by atoms with Crippen molar-refractivity contribution >= 4 is 24.0 Å². The van der Waals surface area contributed by atoms with E-state index in [9.17, 15) is 13.2 Å². The van der Waals surface area contributed by atoms with Crippen LogP contribution in [0.4, 0.5) is 13.2 Å². The maximum absolute atomic E-state index is 12.6. The van der Waals surface area contributed by atoms with Crippen LogP contribution in [0.1, 0.15) is 30.0 Å². The van der Waals surface area contributed by atoms with Gasteiger partial charge in [-0.15, -0.1) is 12.4 Å². The molecular weight excluding hydrogens is 274 g/mol. The first-order valence-corrected chi connectivity index (χ1v) is 5.39. The maximum Gasteiger partial charge on any atom is 0.417 e. The zero-order valence-electron chi connectivity index (χ0n) is 8.80. The SMILES string of the molecule is Cl.N[C@@H](c1ccc(Cl)c(C(F)(F)F)c1)C1CC1. The van der Waals surface area contributed by atoms with Crippen LogP contribution in [0.25, 0.3) is 0 Å². The molecule has 0 unspecified atom stereocenters. The minimum Gasteiger partial charge on any atom is -0.324 e. The van der Waals surface area contributed by atoms with E-state index in [4.69, 9.17) is 17.3 Å². The number of hydrogen-bond acceptors (Lipinski definition) is 1. The lowest BCUT2D eigenvalue weighted by molar-refractivity contribution is -0.137. The van der Waals surface area contributed by atoms with Gasteiger partial charge < -0.3 is 5.73 Å². The largest absolute Gasteiger partial charge is 0.417 e. The molecule has 1 aliphatic carbocycles. The summed E-state index contributed by atoms with van der Waals surface area (Å²) < 4.78 is 37.8. The minimum absolute atomic E-state index is 0. The summed E-state index contributed by atoms with van der Waals surface area (Å²) in [7, 11) is 0. The van der Waals surface area contributed by atoms with Crippen molar-refractivity contribution in [2.24, 2.45) is 11.7 Å². The average Bonchev–Trinajstić information content (AvgIpc) is 2.98. The van der Waals surface area contributed by atoms with Crippen LogP contribution in [0, 0.1) is 5.92 Å². The summed E-state index contributed by atoms with van der Waals surface area (Å²) in [6, 6.07) is 3.59. The molecule has 2 rings (SSSR count). The summed E-state index contributed by atoms with van der Waals surface area (Å²) in [5, 5.41) is -0.278. The quantitative estimate of drug-likeness (QED) is 0.866. The number of hydrogen-bond donors (Lipinski definition) is 1. The average molecular weight is 286 g/mol. The summed E-state index contributed by atoms with van der Waals surface area (Å²) in [5.41, 5.74) is 5.56. The molecule has 1 fully saturated rings. The second kappa shape index (κ2) is 5.04. The van der Waals surface area contributed by atoms with E-state index < -0.39 is 11.7 Å². The number of benzene rings is 1. The third-order valence-corrected chi connectivity index (χ3v) is 3.14. The van der Waals surface area contributed by atoms with E-state index in [1.165, 1.54) is 6.07 Å². The van der Waals surface area contributed by atoms with Crippen molar-refractivity contribution in [1.82, 2.24) is 0 Å². The zero-order chi connectivity index (χ0) is 11.9. The molecule has 1 aromatic rings. The number of nitrogens with two attached hydrogens (primary N) is 1. The monoisotopic (exact) mass is 285 g/mol. The van der Waals surface area contributed by atoms with E-state index >= 15 is 0 Å². The molecule has 1 aliphatic rings. The van der Waals surface area contributed by atoms with Gasteiger partial charge in [0.2, 0.25) is 0 Å². The van der Waals surface area contributed by atoms with Gasteiger partial charge in [-0.2, -0.15) is 13.2 Å². The first-order valence-electron chi connectivity index (χ1n) is 5.02. The second-order valence-electron chi connectivity index (χ2n) is 4.10. The minimum atomic E-state index is -4.42. The Morgan fingerprint density at radius 1 is 1.29 bits per heavy atom. The predicted octanol–water partition coefficient (Wildman–Crippen LogP) is 4.19. The molecule has 0 heterocycles. The lowest BCUT2D eigenvalue weighted by atomic mass is 10.0. The summed E-state index contributed by atoms with van der Waals surface area (Å²) >= 11 is 5.52. The molecule has 2 N–H and O–H groups in total. The Morgan fingerprint density at radius 2 is 1.88 bits per heavy atom. The van der Waals surface area contributed by atoms with E-state index in [2.05, 4.69) is 0 Å². The first-order chi connectivity index (χ1) is 7.39. The van der Waals surface area contributed by atoms with E-state index in [-0.39, 0.29) is 23.5 Å². The molecule has 1 aromatic carbocycles. The third kappa shape index (κ3) is 3.27. The maximum atomic E-state index is 12.6. The number of alkyl halides is 3. The van der Waals surface area contributed by atoms with Gasteiger partial charge in [-0.3, -0.25) is 0 Å². The van der Waals surface area contributed by atoms with Crippen LogP contribution in [-0.4, -0.2) is 0 Å². The van der Waals surface area contributed by atoms with Crippen molar-refractivity contribution in [3.63, 3.8) is 0 Å². The summed E-state index contributed by atoms with van der Waals surface area (Å²) in [5.74, 6) is 0.322. The lowest BCUT2D eigenvalue weighted by Crippen LogP contribution is -2.14. The van der Waals surface area contributed by atoms with Crippen LogP contribution in [0.15, 0.2) is 18.2 Å². The highest BCUT2D eigenvalue weighted by atomic mass is 35.5. The van der Waals surface area contributed by atoms with Crippen LogP contribution >= 0.6 is 24.0 Å². The van der Waals surface area contributed by atoms with Crippen molar-refractivity contribution in [3.05, 3.63) is 34.3 Å². The highest BCUT2D eigenvalue weighted by Gasteiger charge is 2.35. The third-order valence-electron chi connectivity index (χ3n) is 2.81. The summed E-state index contributed by atoms with van der Waals surface area (Å²) in [4.78, 5) is 0. The molecule has 0 radical (unpaired) electrons. The van der Waals surface area contributed by atoms with Crippen LogP contribution in [-0.2, 0) is 6.18 Å². The molecule has 96 valence electrons. The standard InChI is InChI=1S/C11H11ClF3N.ClH/c12-9-4-3-7(10(16)6-1-2-6)5-8(9)11(13,14)15;/h3-6,10H,1-2,16H2;1H/t10-;/m1./s1. The summed E-state index contributed by atoms with van der Waals surface area (Å²) in [6.07, 6.45) is -2.44. The fraction of sp³-hybridized carbons (Fsp3) is 0.455. The molecule has 17 heavy (non-hydrogen) atoms. The van der Waals surface area contributed by atoms with Gasteiger partial charge >= 0.3 is 6.18 Å². The van der Waals surface area contributed by atoms with Crippen molar-refractivity contribution in [1.29, 1.82) is 0 Å². The van der Waals surface area contributed by atoms with Gasteiger partial charge in [0.25, 0.3) is 0 Å². The molecule has 1 atom stereocenters. The van der Waals surface area contributed by atoms with E-state index in [1.54, 1.807) is 6.07 Å². The highest BCUT2D eigenvalue weighted by molar-refractivity contribution is 6.31. The van der Waals surface area contributed by atoms with Crippen molar-refractivity contribution in [3.8, 4) is 0 Å². The summed E-state index contributed by atoms with van der Waals surface area (Å²) in [6.45, 7) is 0. The number of rotatable bonds is 2. The van der Waals surface area contributed by atoms with Crippen molar-refractivity contribution < 1.29 is 13.2 Å². The molecule has 0 aromatic heterocycles. The highest BCUT2D eigenvalue weighted by Crippen LogP contribution is 2.42. The van der Waals surface area contributed by atoms with E-state index in [1.807, 2.05) is 0 Å². The Morgan fingerprint density at radius 3 is 2.35 bits per heavy atom. The van der Waals surface area contributed by atoms with Crippen LogP contribution in [0.5, 0.6) is 0 Å². The van der Waals surface area contributed by atoms with E-state index in [0.717, 1.165) is 18.9 Å². The Balaban J connectivity index is 0.00000144. The van der Waals surface area contributed by atoms with Gasteiger partial charge in [-0.05, 0) is 36.5 Å². The Bertz CT molecular complexity index is 402. The molecule has 0 spiro atoms. The van der Waals surface area contributed by atoms with Gasteiger partial charge in [0.1, 0.15) is 0 Å². The molecule has 0 aliphatic heterocycles. The topological polar surface area (TPSA) is 26.0 Å². The first kappa shape index (κ1) is 14.6. The van der Waals surface area contributed by atoms with Gasteiger partial charge in [0, 0.05) is 6.04 Å². The van der Waals surface area contributed by atoms with Crippen LogP contribution in [0.3, 0.4) is 0 Å². The van der Waals surface area contributed by atoms with Crippen molar-refractivity contribution in [2.45, 2.75) is 25.1 Å². The molecule has 1 nitrogen and oxygen atoms in total. The predicted molar refractivity (Wildman–Crippen MR) is 63.4 cm³/mol. The second-order valence-corrected chi connectivity index (χ2v) is 4.51. The smallest absolute Gasteiger partial charge is 0.324 e. The molecular formula is C11H12Cl2F3N. The molecule has 0 saturated heterocycles. The normalized spacial score (nSPS) is 17.5. The Labute approximate surface area is 109 Å². The Kier molecular flexibility index (Phi) is 4.33. The number of halogens is 5. The molecule has 0 bridgehead atoms. The van der Waals surface area contributed by atoms with Crippen LogP contribution in [0.2, 0.25) is 5.02 Å². The van der Waals surface area contributed by atoms with Gasteiger partial charge in [0.15, 0.2) is 0 Å². The molecule has 0 amide bonds. The van der Waals surface area contributed by atoms with Gasteiger partial charge in [0.05, 0.1) is 10.6 Å². The fourth-order valence-corrected chi connectivity index (χ4v) is 1.92. The lowest BCUT2D eigenvalue weighted by Gasteiger charge is -2.15. The van der Waals surface area contributed by atoms with E-state index in [0.29, 0.717) is 11.5 Å². The molecule has 6 heteroatoms. The van der Waals surface area contributed by atoms with Gasteiger partial charge in [-0.25, -0.2) is 0 Å². The van der Waals surface area contributed by atoms with Crippen molar-refractivity contribution in [2.75, 3.05) is 0 Å². The zero-order valence-corrected chi connectivity index (χ0v) is 10.4. The van der Waals surface area contributed by atoms with Crippen LogP contribution < -0.4 is 5.73 Å². The molecule has 1 saturated carbocycles. The Hall–Kier alpha value is -0.450.